The van der Waals surface area contributed by atoms with E-state index in [1.165, 1.54) is 6.07 Å². The van der Waals surface area contributed by atoms with Crippen LogP contribution in [0.4, 0.5) is 12.9 Å². The highest BCUT2D eigenvalue weighted by Gasteiger charge is 2.25. The average molecular weight is 210 g/mol. The highest BCUT2D eigenvalue weighted by molar-refractivity contribution is 6.73. The number of fused-ring (bicyclic) bond motifs is 1. The van der Waals surface area contributed by atoms with Crippen LogP contribution in [-0.4, -0.2) is 12.0 Å². The molecule has 0 bridgehead atoms. The standard InChI is InChI=1S/C10H8BF3N/c1-7-2-3-8-6-9(11(12,13)14)4-5-10(8)15-7/h2-6H,1H3/q-1. The number of nitrogens with zero attached hydrogens (tertiary/aromatic N) is 1. The van der Waals surface area contributed by atoms with Crippen LogP contribution in [0.15, 0.2) is 30.3 Å². The minimum Gasteiger partial charge on any atom is -0.445 e. The molecular weight excluding hydrogens is 202 g/mol. The van der Waals surface area contributed by atoms with Crippen LogP contribution in [0.25, 0.3) is 10.9 Å². The maximum absolute atomic E-state index is 12.4. The van der Waals surface area contributed by atoms with Gasteiger partial charge >= 0.3 is 6.98 Å². The summed E-state index contributed by atoms with van der Waals surface area (Å²) in [5, 5.41) is 0.525. The van der Waals surface area contributed by atoms with Gasteiger partial charge in [0, 0.05) is 5.69 Å². The lowest BCUT2D eigenvalue weighted by molar-refractivity contribution is 0.501. The number of aromatic nitrogens is 1. The van der Waals surface area contributed by atoms with E-state index in [1.54, 1.807) is 19.1 Å². The van der Waals surface area contributed by atoms with Gasteiger partial charge in [0.05, 0.1) is 5.52 Å². The topological polar surface area (TPSA) is 12.9 Å². The number of pyridine rings is 1. The summed E-state index contributed by atoms with van der Waals surface area (Å²) in [4.78, 5) is 4.14. The number of hydrogen-bond donors (Lipinski definition) is 0. The molecule has 0 spiro atoms. The Bertz CT molecular complexity index is 507. The van der Waals surface area contributed by atoms with Gasteiger partial charge in [-0.2, -0.15) is 0 Å². The molecule has 0 aliphatic heterocycles. The van der Waals surface area contributed by atoms with E-state index in [2.05, 4.69) is 4.98 Å². The largest absolute Gasteiger partial charge is 0.509 e. The Morgan fingerprint density at radius 2 is 1.80 bits per heavy atom. The zero-order valence-corrected chi connectivity index (χ0v) is 8.05. The number of hydrogen-bond acceptors (Lipinski definition) is 1. The first-order valence-electron chi connectivity index (χ1n) is 4.54. The van der Waals surface area contributed by atoms with E-state index in [0.717, 1.165) is 17.8 Å². The van der Waals surface area contributed by atoms with Crippen molar-refractivity contribution in [1.29, 1.82) is 0 Å². The van der Waals surface area contributed by atoms with Gasteiger partial charge in [-0.1, -0.05) is 18.2 Å². The molecule has 5 heteroatoms. The van der Waals surface area contributed by atoms with Gasteiger partial charge < -0.3 is 12.9 Å². The van der Waals surface area contributed by atoms with E-state index in [-0.39, 0.29) is 0 Å². The van der Waals surface area contributed by atoms with Crippen LogP contribution in [0, 0.1) is 6.92 Å². The Morgan fingerprint density at radius 3 is 2.47 bits per heavy atom. The van der Waals surface area contributed by atoms with Gasteiger partial charge in [-0.3, -0.25) is 4.98 Å². The Labute approximate surface area is 85.0 Å². The van der Waals surface area contributed by atoms with E-state index in [1.807, 2.05) is 0 Å². The lowest BCUT2D eigenvalue weighted by Gasteiger charge is -2.15. The third kappa shape index (κ3) is 1.96. The quantitative estimate of drug-likeness (QED) is 0.659. The highest BCUT2D eigenvalue weighted by atomic mass is 19.4. The summed E-state index contributed by atoms with van der Waals surface area (Å²) in [6.07, 6.45) is 0. The van der Waals surface area contributed by atoms with Gasteiger partial charge in [0.1, 0.15) is 0 Å². The molecule has 0 unspecified atom stereocenters. The summed E-state index contributed by atoms with van der Waals surface area (Å²) < 4.78 is 37.3. The SMILES string of the molecule is Cc1ccc2cc([B-](F)(F)F)ccc2n1. The molecule has 0 fully saturated rings. The Balaban J connectivity index is 2.62. The zero-order valence-electron chi connectivity index (χ0n) is 8.05. The molecule has 2 aromatic rings. The van der Waals surface area contributed by atoms with Crippen molar-refractivity contribution in [2.75, 3.05) is 0 Å². The molecule has 1 heterocycles. The van der Waals surface area contributed by atoms with Gasteiger partial charge in [-0.15, -0.1) is 5.46 Å². The van der Waals surface area contributed by atoms with Crippen LogP contribution in [0.2, 0.25) is 0 Å². The minimum absolute atomic E-state index is 0.525. The first-order valence-corrected chi connectivity index (χ1v) is 4.54. The fraction of sp³-hybridized carbons (Fsp3) is 0.100. The second-order valence-corrected chi connectivity index (χ2v) is 3.48. The van der Waals surface area contributed by atoms with Crippen LogP contribution in [0.3, 0.4) is 0 Å². The molecule has 78 valence electrons. The summed E-state index contributed by atoms with van der Waals surface area (Å²) in [5.74, 6) is 0. The summed E-state index contributed by atoms with van der Waals surface area (Å²) in [6.45, 7) is -3.12. The molecule has 1 aromatic heterocycles. The van der Waals surface area contributed by atoms with Gasteiger partial charge in [0.25, 0.3) is 0 Å². The van der Waals surface area contributed by atoms with Gasteiger partial charge in [0.15, 0.2) is 0 Å². The molecule has 1 aromatic carbocycles. The van der Waals surface area contributed by atoms with Crippen molar-refractivity contribution in [2.45, 2.75) is 6.92 Å². The number of aryl methyl sites for hydroxylation is 1. The van der Waals surface area contributed by atoms with Crippen LogP contribution in [0.1, 0.15) is 5.69 Å². The fourth-order valence-corrected chi connectivity index (χ4v) is 1.45. The average Bonchev–Trinajstić information content (AvgIpc) is 2.15. The third-order valence-corrected chi connectivity index (χ3v) is 2.23. The van der Waals surface area contributed by atoms with Crippen LogP contribution < -0.4 is 5.46 Å². The Hall–Kier alpha value is -1.52. The van der Waals surface area contributed by atoms with E-state index in [0.29, 0.717) is 10.9 Å². The minimum atomic E-state index is -4.92. The van der Waals surface area contributed by atoms with Crippen molar-refractivity contribution in [3.05, 3.63) is 36.0 Å². The molecule has 2 rings (SSSR count). The van der Waals surface area contributed by atoms with E-state index in [9.17, 15) is 12.9 Å². The molecule has 0 aliphatic rings. The summed E-state index contributed by atoms with van der Waals surface area (Å²) in [6, 6.07) is 6.99. The molecule has 1 nitrogen and oxygen atoms in total. The first kappa shape index (κ1) is 10.0. The Morgan fingerprint density at radius 1 is 1.07 bits per heavy atom. The molecule has 0 saturated heterocycles. The van der Waals surface area contributed by atoms with E-state index >= 15 is 0 Å². The molecule has 0 atom stereocenters. The normalized spacial score (nSPS) is 12.0. The zero-order chi connectivity index (χ0) is 11.1. The van der Waals surface area contributed by atoms with Gasteiger partial charge in [-0.25, -0.2) is 0 Å². The number of halogens is 3. The van der Waals surface area contributed by atoms with Crippen molar-refractivity contribution >= 4 is 23.3 Å². The number of rotatable bonds is 1. The fourth-order valence-electron chi connectivity index (χ4n) is 1.45. The van der Waals surface area contributed by atoms with Gasteiger partial charge in [-0.05, 0) is 24.4 Å². The lowest BCUT2D eigenvalue weighted by atomic mass is 9.79. The monoisotopic (exact) mass is 210 g/mol. The van der Waals surface area contributed by atoms with Crippen molar-refractivity contribution in [2.24, 2.45) is 0 Å². The van der Waals surface area contributed by atoms with Crippen LogP contribution >= 0.6 is 0 Å². The van der Waals surface area contributed by atoms with Crippen molar-refractivity contribution in [3.63, 3.8) is 0 Å². The maximum atomic E-state index is 12.4. The van der Waals surface area contributed by atoms with Gasteiger partial charge in [0.2, 0.25) is 0 Å². The molecule has 0 saturated carbocycles. The number of benzene rings is 1. The summed E-state index contributed by atoms with van der Waals surface area (Å²) in [5.41, 5.74) is 0.819. The predicted octanol–water partition coefficient (Wildman–Crippen LogP) is 2.60. The molecule has 15 heavy (non-hydrogen) atoms. The lowest BCUT2D eigenvalue weighted by Crippen LogP contribution is -2.33. The van der Waals surface area contributed by atoms with Crippen molar-refractivity contribution < 1.29 is 12.9 Å². The first-order chi connectivity index (χ1) is 6.97. The molecular formula is C10H8BF3N-. The highest BCUT2D eigenvalue weighted by Crippen LogP contribution is 2.15. The summed E-state index contributed by atoms with van der Waals surface area (Å²) in [7, 11) is 0. The molecule has 0 N–H and O–H groups in total. The Kier molecular flexibility index (Phi) is 2.18. The predicted molar refractivity (Wildman–Crippen MR) is 55.2 cm³/mol. The second kappa shape index (κ2) is 3.26. The van der Waals surface area contributed by atoms with Crippen LogP contribution in [0.5, 0.6) is 0 Å². The van der Waals surface area contributed by atoms with Crippen LogP contribution in [-0.2, 0) is 0 Å². The molecule has 0 amide bonds. The smallest absolute Gasteiger partial charge is 0.445 e. The van der Waals surface area contributed by atoms with Crippen molar-refractivity contribution in [1.82, 2.24) is 4.98 Å². The molecule has 0 aliphatic carbocycles. The summed E-state index contributed by atoms with van der Waals surface area (Å²) >= 11 is 0. The third-order valence-electron chi connectivity index (χ3n) is 2.23. The molecule has 0 radical (unpaired) electrons. The van der Waals surface area contributed by atoms with Crippen molar-refractivity contribution in [3.8, 4) is 0 Å². The maximum Gasteiger partial charge on any atom is 0.509 e. The van der Waals surface area contributed by atoms with E-state index < -0.39 is 12.4 Å². The van der Waals surface area contributed by atoms with E-state index in [4.69, 9.17) is 0 Å². The second-order valence-electron chi connectivity index (χ2n) is 3.48.